The molecule has 3 heteroatoms. The minimum absolute atomic E-state index is 0.664. The van der Waals surface area contributed by atoms with E-state index in [1.165, 1.54) is 31.2 Å². The van der Waals surface area contributed by atoms with Crippen molar-refractivity contribution < 1.29 is 0 Å². The Hall–Kier alpha value is -0.540. The summed E-state index contributed by atoms with van der Waals surface area (Å²) in [7, 11) is 0. The fourth-order valence-electron chi connectivity index (χ4n) is 2.60. The van der Waals surface area contributed by atoms with Gasteiger partial charge in [-0.25, -0.2) is 0 Å². The minimum atomic E-state index is 0.664. The highest BCUT2D eigenvalue weighted by molar-refractivity contribution is 9.10. The van der Waals surface area contributed by atoms with Gasteiger partial charge in [0.2, 0.25) is 0 Å². The van der Waals surface area contributed by atoms with E-state index in [-0.39, 0.29) is 0 Å². The molecule has 2 rings (SSSR count). The average molecular weight is 297 g/mol. The van der Waals surface area contributed by atoms with Gasteiger partial charge in [0.05, 0.1) is 0 Å². The molecule has 0 saturated heterocycles. The zero-order valence-corrected chi connectivity index (χ0v) is 12.0. The number of hydrogen-bond donors (Lipinski definition) is 2. The highest BCUT2D eigenvalue weighted by Crippen LogP contribution is 2.24. The second-order valence-electron chi connectivity index (χ2n) is 5.19. The Morgan fingerprint density at radius 1 is 1.41 bits per heavy atom. The first-order chi connectivity index (χ1) is 8.15. The summed E-state index contributed by atoms with van der Waals surface area (Å²) in [4.78, 5) is 0. The molecule has 0 heterocycles. The van der Waals surface area contributed by atoms with Crippen LogP contribution in [0.25, 0.3) is 0 Å². The molecule has 3 N–H and O–H groups in total. The number of nitrogens with one attached hydrogen (secondary N) is 1. The van der Waals surface area contributed by atoms with E-state index in [0.29, 0.717) is 6.04 Å². The van der Waals surface area contributed by atoms with E-state index in [0.717, 1.165) is 22.6 Å². The maximum Gasteiger partial charge on any atom is 0.0360 e. The van der Waals surface area contributed by atoms with E-state index in [9.17, 15) is 0 Å². The molecule has 0 amide bonds. The molecule has 1 saturated carbocycles. The van der Waals surface area contributed by atoms with E-state index in [1.807, 2.05) is 12.1 Å². The monoisotopic (exact) mass is 296 g/mol. The van der Waals surface area contributed by atoms with Crippen molar-refractivity contribution in [3.8, 4) is 0 Å². The van der Waals surface area contributed by atoms with Gasteiger partial charge in [-0.15, -0.1) is 0 Å². The first-order valence-corrected chi connectivity index (χ1v) is 7.21. The molecule has 1 aromatic rings. The first-order valence-electron chi connectivity index (χ1n) is 6.42. The van der Waals surface area contributed by atoms with Gasteiger partial charge in [-0.05, 0) is 42.5 Å². The standard InChI is InChI=1S/C14H21BrN2/c1-10-3-2-4-13(7-10)17-9-11-8-12(15)5-6-14(11)16/h5-6,8,10,13,17H,2-4,7,9,16H2,1H3. The predicted molar refractivity (Wildman–Crippen MR) is 76.8 cm³/mol. The van der Waals surface area contributed by atoms with Crippen molar-refractivity contribution in [2.45, 2.75) is 45.2 Å². The van der Waals surface area contributed by atoms with Crippen LogP contribution in [0, 0.1) is 5.92 Å². The van der Waals surface area contributed by atoms with Crippen LogP contribution in [0.2, 0.25) is 0 Å². The Kier molecular flexibility index (Phi) is 4.46. The third-order valence-corrected chi connectivity index (χ3v) is 4.12. The molecular formula is C14H21BrN2. The van der Waals surface area contributed by atoms with Crippen LogP contribution in [-0.4, -0.2) is 6.04 Å². The molecule has 1 aliphatic carbocycles. The summed E-state index contributed by atoms with van der Waals surface area (Å²) >= 11 is 3.49. The molecule has 94 valence electrons. The van der Waals surface area contributed by atoms with Crippen LogP contribution in [0.15, 0.2) is 22.7 Å². The number of halogens is 1. The molecule has 2 nitrogen and oxygen atoms in total. The lowest BCUT2D eigenvalue weighted by Crippen LogP contribution is -2.33. The summed E-state index contributed by atoms with van der Waals surface area (Å²) in [5.41, 5.74) is 8.04. The maximum atomic E-state index is 5.97. The molecule has 0 aliphatic heterocycles. The molecule has 0 radical (unpaired) electrons. The van der Waals surface area contributed by atoms with Crippen LogP contribution >= 0.6 is 15.9 Å². The molecular weight excluding hydrogens is 276 g/mol. The van der Waals surface area contributed by atoms with Crippen molar-refractivity contribution >= 4 is 21.6 Å². The molecule has 2 atom stereocenters. The number of anilines is 1. The van der Waals surface area contributed by atoms with Crippen molar-refractivity contribution in [3.05, 3.63) is 28.2 Å². The highest BCUT2D eigenvalue weighted by atomic mass is 79.9. The fourth-order valence-corrected chi connectivity index (χ4v) is 3.01. The van der Waals surface area contributed by atoms with Crippen LogP contribution in [0.3, 0.4) is 0 Å². The number of benzene rings is 1. The molecule has 17 heavy (non-hydrogen) atoms. The summed E-state index contributed by atoms with van der Waals surface area (Å²) < 4.78 is 1.10. The maximum absolute atomic E-state index is 5.97. The van der Waals surface area contributed by atoms with Crippen molar-refractivity contribution in [3.63, 3.8) is 0 Å². The smallest absolute Gasteiger partial charge is 0.0360 e. The van der Waals surface area contributed by atoms with Crippen LogP contribution in [-0.2, 0) is 6.54 Å². The van der Waals surface area contributed by atoms with Gasteiger partial charge in [-0.1, -0.05) is 35.7 Å². The van der Waals surface area contributed by atoms with Gasteiger partial charge < -0.3 is 11.1 Å². The molecule has 0 spiro atoms. The van der Waals surface area contributed by atoms with Gasteiger partial charge in [0.1, 0.15) is 0 Å². The zero-order chi connectivity index (χ0) is 12.3. The second-order valence-corrected chi connectivity index (χ2v) is 6.11. The Labute approximate surface area is 112 Å². The molecule has 0 aromatic heterocycles. The Bertz CT molecular complexity index is 378. The van der Waals surface area contributed by atoms with Crippen LogP contribution in [0.4, 0.5) is 5.69 Å². The van der Waals surface area contributed by atoms with Gasteiger partial charge in [0, 0.05) is 22.7 Å². The summed E-state index contributed by atoms with van der Waals surface area (Å²) in [6.45, 7) is 3.23. The summed E-state index contributed by atoms with van der Waals surface area (Å²) in [5, 5.41) is 3.64. The molecule has 0 bridgehead atoms. The van der Waals surface area contributed by atoms with Gasteiger partial charge in [-0.2, -0.15) is 0 Å². The first kappa shape index (κ1) is 12.9. The fraction of sp³-hybridized carbons (Fsp3) is 0.571. The summed E-state index contributed by atoms with van der Waals surface area (Å²) in [6.07, 6.45) is 5.34. The molecule has 2 unspecified atom stereocenters. The quantitative estimate of drug-likeness (QED) is 0.835. The molecule has 1 fully saturated rings. The lowest BCUT2D eigenvalue weighted by Gasteiger charge is -2.27. The van der Waals surface area contributed by atoms with E-state index in [2.05, 4.69) is 34.2 Å². The Balaban J connectivity index is 1.90. The summed E-state index contributed by atoms with van der Waals surface area (Å²) in [5.74, 6) is 0.862. The number of hydrogen-bond acceptors (Lipinski definition) is 2. The topological polar surface area (TPSA) is 38.0 Å². The lowest BCUT2D eigenvalue weighted by molar-refractivity contribution is 0.300. The second kappa shape index (κ2) is 5.87. The van der Waals surface area contributed by atoms with Gasteiger partial charge in [0.15, 0.2) is 0 Å². The number of rotatable bonds is 3. The van der Waals surface area contributed by atoms with Gasteiger partial charge in [0.25, 0.3) is 0 Å². The van der Waals surface area contributed by atoms with Crippen LogP contribution in [0.5, 0.6) is 0 Å². The highest BCUT2D eigenvalue weighted by Gasteiger charge is 2.18. The zero-order valence-electron chi connectivity index (χ0n) is 10.4. The van der Waals surface area contributed by atoms with E-state index in [4.69, 9.17) is 5.73 Å². The minimum Gasteiger partial charge on any atom is -0.398 e. The Morgan fingerprint density at radius 3 is 3.00 bits per heavy atom. The lowest BCUT2D eigenvalue weighted by atomic mass is 9.87. The van der Waals surface area contributed by atoms with Crippen LogP contribution in [0.1, 0.15) is 38.2 Å². The van der Waals surface area contributed by atoms with Crippen molar-refractivity contribution in [1.29, 1.82) is 0 Å². The van der Waals surface area contributed by atoms with E-state index in [1.54, 1.807) is 0 Å². The average Bonchev–Trinajstić information content (AvgIpc) is 2.30. The largest absolute Gasteiger partial charge is 0.398 e. The van der Waals surface area contributed by atoms with Crippen molar-refractivity contribution in [1.82, 2.24) is 5.32 Å². The van der Waals surface area contributed by atoms with Crippen molar-refractivity contribution in [2.24, 2.45) is 5.92 Å². The normalized spacial score (nSPS) is 24.8. The van der Waals surface area contributed by atoms with E-state index >= 15 is 0 Å². The third-order valence-electron chi connectivity index (χ3n) is 3.62. The predicted octanol–water partition coefficient (Wildman–Crippen LogP) is 3.70. The number of nitrogen functional groups attached to an aromatic ring is 1. The number of nitrogens with two attached hydrogens (primary N) is 1. The Morgan fingerprint density at radius 2 is 2.24 bits per heavy atom. The van der Waals surface area contributed by atoms with Crippen LogP contribution < -0.4 is 11.1 Å². The summed E-state index contributed by atoms with van der Waals surface area (Å²) in [6, 6.07) is 6.72. The van der Waals surface area contributed by atoms with Crippen molar-refractivity contribution in [2.75, 3.05) is 5.73 Å². The molecule has 1 aliphatic rings. The van der Waals surface area contributed by atoms with E-state index < -0.39 is 0 Å². The third kappa shape index (κ3) is 3.71. The van der Waals surface area contributed by atoms with Gasteiger partial charge >= 0.3 is 0 Å². The molecule has 1 aromatic carbocycles. The SMILES string of the molecule is CC1CCCC(NCc2cc(Br)ccc2N)C1. The van der Waals surface area contributed by atoms with Gasteiger partial charge in [-0.3, -0.25) is 0 Å².